The van der Waals surface area contributed by atoms with E-state index in [1.807, 2.05) is 47.8 Å². The average molecular weight is 455 g/mol. The quantitative estimate of drug-likeness (QED) is 0.421. The van der Waals surface area contributed by atoms with Gasteiger partial charge >= 0.3 is 0 Å². The van der Waals surface area contributed by atoms with Crippen LogP contribution in [0.15, 0.2) is 76.9 Å². The van der Waals surface area contributed by atoms with E-state index in [1.54, 1.807) is 24.3 Å². The van der Waals surface area contributed by atoms with Crippen molar-refractivity contribution in [2.45, 2.75) is 6.54 Å². The van der Waals surface area contributed by atoms with Gasteiger partial charge in [-0.15, -0.1) is 11.3 Å². The van der Waals surface area contributed by atoms with Crippen LogP contribution in [0.2, 0.25) is 0 Å². The summed E-state index contributed by atoms with van der Waals surface area (Å²) in [6.45, 7) is -0.380. The molecule has 0 bridgehead atoms. The number of nitrogens with one attached hydrogen (secondary N) is 1. The number of nitrogens with zero attached hydrogens (tertiary/aromatic N) is 3. The van der Waals surface area contributed by atoms with Crippen molar-refractivity contribution in [2.75, 3.05) is 5.32 Å². The van der Waals surface area contributed by atoms with Gasteiger partial charge in [0.05, 0.1) is 11.1 Å². The fourth-order valence-electron chi connectivity index (χ4n) is 3.63. The van der Waals surface area contributed by atoms with E-state index in [-0.39, 0.29) is 17.6 Å². The number of hydrogen-bond donors (Lipinski definition) is 2. The predicted octanol–water partition coefficient (Wildman–Crippen LogP) is 3.41. The summed E-state index contributed by atoms with van der Waals surface area (Å²) in [5.74, 6) is -1.27. The number of thiazole rings is 1. The average Bonchev–Trinajstić information content (AvgIpc) is 3.28. The largest absolute Gasteiger partial charge is 0.364 e. The Morgan fingerprint density at radius 1 is 0.970 bits per heavy atom. The SMILES string of the molecule is NC(=O)c1nn(CC(=O)Nc2nc(-c3ccc4ccccc4c3)cs2)c(=O)c2ccccc12. The van der Waals surface area contributed by atoms with Crippen LogP contribution in [-0.2, 0) is 11.3 Å². The number of amides is 2. The molecule has 0 aliphatic carbocycles. The molecule has 0 fully saturated rings. The molecule has 33 heavy (non-hydrogen) atoms. The fourth-order valence-corrected chi connectivity index (χ4v) is 4.37. The van der Waals surface area contributed by atoms with Crippen LogP contribution < -0.4 is 16.6 Å². The lowest BCUT2D eigenvalue weighted by Gasteiger charge is -2.09. The molecule has 3 N–H and O–H groups in total. The molecule has 0 spiro atoms. The van der Waals surface area contributed by atoms with Gasteiger partial charge in [0.15, 0.2) is 10.8 Å². The van der Waals surface area contributed by atoms with E-state index in [4.69, 9.17) is 5.73 Å². The van der Waals surface area contributed by atoms with Crippen LogP contribution in [-0.4, -0.2) is 26.6 Å². The van der Waals surface area contributed by atoms with Crippen LogP contribution in [0.1, 0.15) is 10.5 Å². The minimum atomic E-state index is -0.777. The Hall–Kier alpha value is -4.37. The number of hydrogen-bond acceptors (Lipinski definition) is 6. The second-order valence-electron chi connectivity index (χ2n) is 7.37. The number of aromatic nitrogens is 3. The number of nitrogens with two attached hydrogens (primary N) is 1. The van der Waals surface area contributed by atoms with E-state index < -0.39 is 17.4 Å². The van der Waals surface area contributed by atoms with Crippen LogP contribution in [0.4, 0.5) is 5.13 Å². The highest BCUT2D eigenvalue weighted by Crippen LogP contribution is 2.27. The van der Waals surface area contributed by atoms with Gasteiger partial charge in [0.1, 0.15) is 6.54 Å². The number of benzene rings is 3. The molecule has 3 aromatic carbocycles. The molecule has 0 aliphatic rings. The zero-order valence-corrected chi connectivity index (χ0v) is 18.0. The molecule has 2 aromatic heterocycles. The first-order valence-electron chi connectivity index (χ1n) is 10.0. The molecule has 5 rings (SSSR count). The molecule has 2 heterocycles. The van der Waals surface area contributed by atoms with Gasteiger partial charge in [-0.3, -0.25) is 14.4 Å². The Morgan fingerprint density at radius 2 is 1.70 bits per heavy atom. The van der Waals surface area contributed by atoms with Gasteiger partial charge < -0.3 is 11.1 Å². The van der Waals surface area contributed by atoms with Gasteiger partial charge in [-0.2, -0.15) is 5.10 Å². The highest BCUT2D eigenvalue weighted by Gasteiger charge is 2.16. The first-order valence-corrected chi connectivity index (χ1v) is 10.9. The summed E-state index contributed by atoms with van der Waals surface area (Å²) in [5, 5.41) is 11.8. The third-order valence-corrected chi connectivity index (χ3v) is 5.95. The minimum Gasteiger partial charge on any atom is -0.364 e. The molecule has 0 atom stereocenters. The summed E-state index contributed by atoms with van der Waals surface area (Å²) in [7, 11) is 0. The maximum Gasteiger partial charge on any atom is 0.275 e. The molecule has 2 amide bonds. The van der Waals surface area contributed by atoms with E-state index >= 15 is 0 Å². The maximum absolute atomic E-state index is 12.7. The van der Waals surface area contributed by atoms with Gasteiger partial charge in [0, 0.05) is 16.3 Å². The molecule has 0 radical (unpaired) electrons. The molecule has 0 saturated heterocycles. The summed E-state index contributed by atoms with van der Waals surface area (Å²) in [5.41, 5.74) is 6.54. The second-order valence-corrected chi connectivity index (χ2v) is 8.23. The van der Waals surface area contributed by atoms with Crippen LogP contribution in [0.25, 0.3) is 32.8 Å². The Balaban J connectivity index is 1.38. The van der Waals surface area contributed by atoms with Crippen LogP contribution in [0, 0.1) is 0 Å². The highest BCUT2D eigenvalue weighted by atomic mass is 32.1. The third kappa shape index (κ3) is 3.97. The fraction of sp³-hybridized carbons (Fsp3) is 0.0417. The number of rotatable bonds is 5. The van der Waals surface area contributed by atoms with Crippen LogP contribution in [0.3, 0.4) is 0 Å². The van der Waals surface area contributed by atoms with E-state index in [0.29, 0.717) is 10.5 Å². The van der Waals surface area contributed by atoms with Crippen molar-refractivity contribution in [1.29, 1.82) is 0 Å². The molecule has 9 heteroatoms. The van der Waals surface area contributed by atoms with Crippen molar-refractivity contribution >= 4 is 49.8 Å². The Bertz CT molecular complexity index is 1610. The first kappa shape index (κ1) is 20.5. The lowest BCUT2D eigenvalue weighted by atomic mass is 10.1. The number of fused-ring (bicyclic) bond motifs is 2. The van der Waals surface area contributed by atoms with Crippen molar-refractivity contribution in [1.82, 2.24) is 14.8 Å². The third-order valence-electron chi connectivity index (χ3n) is 5.19. The molecule has 5 aromatic rings. The molecular formula is C24H17N5O3S. The van der Waals surface area contributed by atoms with Crippen molar-refractivity contribution in [2.24, 2.45) is 5.73 Å². The number of anilines is 1. The molecular weight excluding hydrogens is 438 g/mol. The zero-order valence-electron chi connectivity index (χ0n) is 17.2. The summed E-state index contributed by atoms with van der Waals surface area (Å²) < 4.78 is 0.940. The molecule has 8 nitrogen and oxygen atoms in total. The van der Waals surface area contributed by atoms with Gasteiger partial charge in [-0.25, -0.2) is 9.67 Å². The Morgan fingerprint density at radius 3 is 2.48 bits per heavy atom. The van der Waals surface area contributed by atoms with Crippen molar-refractivity contribution in [3.8, 4) is 11.3 Å². The van der Waals surface area contributed by atoms with Gasteiger partial charge in [0.25, 0.3) is 11.5 Å². The maximum atomic E-state index is 12.7. The molecule has 0 saturated carbocycles. The van der Waals surface area contributed by atoms with Crippen molar-refractivity contribution < 1.29 is 9.59 Å². The van der Waals surface area contributed by atoms with E-state index in [1.165, 1.54) is 11.3 Å². The van der Waals surface area contributed by atoms with Gasteiger partial charge in [0.2, 0.25) is 5.91 Å². The molecule has 162 valence electrons. The standard InChI is InChI=1S/C24H17N5O3S/c25-22(31)21-17-7-3-4-8-18(17)23(32)29(28-21)12-20(30)27-24-26-19(13-33-24)16-10-9-14-5-1-2-6-15(14)11-16/h1-11,13H,12H2,(H2,25,31)(H,26,27,30). The van der Waals surface area contributed by atoms with Crippen molar-refractivity contribution in [3.63, 3.8) is 0 Å². The van der Waals surface area contributed by atoms with Gasteiger partial charge in [-0.1, -0.05) is 54.6 Å². The first-order chi connectivity index (χ1) is 16.0. The molecule has 0 unspecified atom stereocenters. The van der Waals surface area contributed by atoms with Gasteiger partial charge in [-0.05, 0) is 22.9 Å². The highest BCUT2D eigenvalue weighted by molar-refractivity contribution is 7.14. The van der Waals surface area contributed by atoms with E-state index in [2.05, 4.69) is 15.4 Å². The Kier molecular flexibility index (Phi) is 5.15. The second kappa shape index (κ2) is 8.29. The minimum absolute atomic E-state index is 0.0640. The predicted molar refractivity (Wildman–Crippen MR) is 128 cm³/mol. The number of carbonyl (C=O) groups is 2. The lowest BCUT2D eigenvalue weighted by Crippen LogP contribution is -2.32. The van der Waals surface area contributed by atoms with Crippen molar-refractivity contribution in [3.05, 3.63) is 88.2 Å². The summed E-state index contributed by atoms with van der Waals surface area (Å²) >= 11 is 1.28. The smallest absolute Gasteiger partial charge is 0.275 e. The molecule has 0 aliphatic heterocycles. The number of primary amides is 1. The zero-order chi connectivity index (χ0) is 22.9. The normalized spacial score (nSPS) is 11.0. The van der Waals surface area contributed by atoms with E-state index in [0.717, 1.165) is 26.7 Å². The summed E-state index contributed by atoms with van der Waals surface area (Å²) in [6, 6.07) is 20.6. The topological polar surface area (TPSA) is 120 Å². The summed E-state index contributed by atoms with van der Waals surface area (Å²) in [6.07, 6.45) is 0. The number of carbonyl (C=O) groups excluding carboxylic acids is 2. The monoisotopic (exact) mass is 455 g/mol. The lowest BCUT2D eigenvalue weighted by molar-refractivity contribution is -0.117. The summed E-state index contributed by atoms with van der Waals surface area (Å²) in [4.78, 5) is 41.7. The van der Waals surface area contributed by atoms with Crippen LogP contribution in [0.5, 0.6) is 0 Å². The van der Waals surface area contributed by atoms with E-state index in [9.17, 15) is 14.4 Å². The Labute approximate surface area is 191 Å². The van der Waals surface area contributed by atoms with Crippen LogP contribution >= 0.6 is 11.3 Å².